The van der Waals surface area contributed by atoms with Gasteiger partial charge in [-0.05, 0) is 12.1 Å². The predicted molar refractivity (Wildman–Crippen MR) is 112 cm³/mol. The van der Waals surface area contributed by atoms with Crippen LogP contribution in [0.1, 0.15) is 19.6 Å². The second-order valence-corrected chi connectivity index (χ2v) is 6.45. The normalized spacial score (nSPS) is 10.7. The van der Waals surface area contributed by atoms with E-state index in [2.05, 4.69) is 20.1 Å². The zero-order chi connectivity index (χ0) is 21.8. The summed E-state index contributed by atoms with van der Waals surface area (Å²) in [5.41, 5.74) is 2.17. The van der Waals surface area contributed by atoms with Crippen molar-refractivity contribution < 1.29 is 13.3 Å². The maximum atomic E-state index is 14.0. The maximum Gasteiger partial charge on any atom is 0.183 e. The number of hydrogen-bond acceptors (Lipinski definition) is 5. The highest BCUT2D eigenvalue weighted by Crippen LogP contribution is 2.26. The number of aromatic nitrogens is 5. The van der Waals surface area contributed by atoms with Crippen LogP contribution in [-0.4, -0.2) is 24.7 Å². The maximum absolute atomic E-state index is 14.0. The van der Waals surface area contributed by atoms with E-state index in [1.165, 1.54) is 12.1 Å². The summed E-state index contributed by atoms with van der Waals surface area (Å²) in [6, 6.07) is 15.5. The number of rotatable bonds is 4. The van der Waals surface area contributed by atoms with Crippen LogP contribution < -0.4 is 0 Å². The Morgan fingerprint density at radius 3 is 2.52 bits per heavy atom. The Kier molecular flexibility index (Phi) is 5.79. The number of benzene rings is 2. The van der Waals surface area contributed by atoms with E-state index in [1.54, 1.807) is 17.1 Å². The highest BCUT2D eigenvalue weighted by atomic mass is 19.2. The molecule has 0 radical (unpaired) electrons. The van der Waals surface area contributed by atoms with Crippen molar-refractivity contribution in [1.82, 2.24) is 24.7 Å². The first kappa shape index (κ1) is 20.3. The lowest BCUT2D eigenvalue weighted by molar-refractivity contribution is 0.377. The first-order chi connectivity index (χ1) is 15.2. The Morgan fingerprint density at radius 1 is 0.903 bits per heavy atom. The minimum absolute atomic E-state index is 0.00251. The van der Waals surface area contributed by atoms with Crippen LogP contribution in [0.15, 0.2) is 71.6 Å². The van der Waals surface area contributed by atoms with Crippen molar-refractivity contribution in [3.05, 3.63) is 84.5 Å². The predicted octanol–water partition coefficient (Wildman–Crippen LogP) is 5.45. The molecule has 2 aliphatic rings. The first-order valence-electron chi connectivity index (χ1n) is 9.82. The van der Waals surface area contributed by atoms with Crippen LogP contribution in [0.3, 0.4) is 0 Å². The van der Waals surface area contributed by atoms with Crippen molar-refractivity contribution in [2.45, 2.75) is 20.4 Å². The Labute approximate surface area is 177 Å². The van der Waals surface area contributed by atoms with Gasteiger partial charge >= 0.3 is 0 Å². The molecule has 0 amide bonds. The molecule has 0 aliphatic carbocycles. The molecule has 0 saturated heterocycles. The van der Waals surface area contributed by atoms with E-state index in [9.17, 15) is 8.78 Å². The van der Waals surface area contributed by atoms with Crippen molar-refractivity contribution in [3.8, 4) is 34.2 Å². The Hall–Kier alpha value is -3.94. The lowest BCUT2D eigenvalue weighted by Gasteiger charge is -2.03. The van der Waals surface area contributed by atoms with E-state index >= 15 is 0 Å². The minimum atomic E-state index is -0.981. The molecular formula is C23H19F2N5O. The lowest BCUT2D eigenvalue weighted by atomic mass is 10.1. The van der Waals surface area contributed by atoms with Crippen LogP contribution in [0.5, 0.6) is 0 Å². The van der Waals surface area contributed by atoms with Gasteiger partial charge in [0, 0.05) is 17.8 Å². The monoisotopic (exact) mass is 419 g/mol. The molecule has 0 atom stereocenters. The van der Waals surface area contributed by atoms with Gasteiger partial charge in [0.15, 0.2) is 29.0 Å². The quantitative estimate of drug-likeness (QED) is 0.387. The second kappa shape index (κ2) is 8.83. The molecule has 0 unspecified atom stereocenters. The molecule has 6 nitrogen and oxygen atoms in total. The van der Waals surface area contributed by atoms with Crippen LogP contribution in [0.4, 0.5) is 8.78 Å². The zero-order valence-electron chi connectivity index (χ0n) is 17.0. The highest BCUT2D eigenvalue weighted by Gasteiger charge is 2.18. The summed E-state index contributed by atoms with van der Waals surface area (Å²) in [6.45, 7) is 4.39. The molecule has 2 aliphatic heterocycles. The van der Waals surface area contributed by atoms with Gasteiger partial charge in [-0.1, -0.05) is 55.4 Å². The van der Waals surface area contributed by atoms with Crippen molar-refractivity contribution in [2.75, 3.05) is 0 Å². The molecule has 0 bridgehead atoms. The van der Waals surface area contributed by atoms with E-state index in [1.807, 2.05) is 50.2 Å². The summed E-state index contributed by atoms with van der Waals surface area (Å²) in [5.74, 6) is -0.841. The molecule has 5 rings (SSSR count). The van der Waals surface area contributed by atoms with Crippen molar-refractivity contribution in [2.24, 2.45) is 0 Å². The van der Waals surface area contributed by atoms with Gasteiger partial charge in [0.2, 0.25) is 0 Å². The van der Waals surface area contributed by atoms with Crippen molar-refractivity contribution in [1.29, 1.82) is 0 Å². The number of halogens is 2. The fourth-order valence-electron chi connectivity index (χ4n) is 3.04. The number of imidazole rings is 1. The van der Waals surface area contributed by atoms with Gasteiger partial charge in [0.1, 0.15) is 11.4 Å². The van der Waals surface area contributed by atoms with Gasteiger partial charge in [0.05, 0.1) is 18.4 Å². The molecule has 8 heteroatoms. The van der Waals surface area contributed by atoms with Gasteiger partial charge in [-0.15, -0.1) is 0 Å². The van der Waals surface area contributed by atoms with E-state index in [-0.39, 0.29) is 11.4 Å². The van der Waals surface area contributed by atoms with E-state index in [0.29, 0.717) is 23.8 Å². The molecule has 0 saturated carbocycles. The van der Waals surface area contributed by atoms with Gasteiger partial charge in [-0.3, -0.25) is 0 Å². The first-order valence-corrected chi connectivity index (χ1v) is 9.82. The van der Waals surface area contributed by atoms with E-state index in [4.69, 9.17) is 4.52 Å². The van der Waals surface area contributed by atoms with Gasteiger partial charge in [-0.25, -0.2) is 23.7 Å². The van der Waals surface area contributed by atoms with Crippen LogP contribution in [0.25, 0.3) is 34.2 Å². The minimum Gasteiger partial charge on any atom is -0.359 e. The fourth-order valence-corrected chi connectivity index (χ4v) is 3.04. The molecule has 3 aromatic rings. The van der Waals surface area contributed by atoms with Gasteiger partial charge < -0.3 is 9.09 Å². The van der Waals surface area contributed by atoms with Crippen LogP contribution in [0.2, 0.25) is 0 Å². The summed E-state index contributed by atoms with van der Waals surface area (Å²) >= 11 is 0. The van der Waals surface area contributed by atoms with Gasteiger partial charge in [-0.2, -0.15) is 0 Å². The molecule has 0 fully saturated rings. The number of hydrogen-bond donors (Lipinski definition) is 0. The molecule has 3 heterocycles. The summed E-state index contributed by atoms with van der Waals surface area (Å²) in [7, 11) is 0. The smallest absolute Gasteiger partial charge is 0.183 e. The zero-order valence-corrected chi connectivity index (χ0v) is 17.0. The molecule has 31 heavy (non-hydrogen) atoms. The summed E-state index contributed by atoms with van der Waals surface area (Å²) in [5, 5.41) is 4.09. The molecule has 1 aromatic heterocycles. The summed E-state index contributed by atoms with van der Waals surface area (Å²) < 4.78 is 34.7. The average Bonchev–Trinajstić information content (AvgIpc) is 3.44. The van der Waals surface area contributed by atoms with Crippen molar-refractivity contribution in [3.63, 3.8) is 0 Å². The highest BCUT2D eigenvalue weighted by molar-refractivity contribution is 5.64. The largest absolute Gasteiger partial charge is 0.359 e. The van der Waals surface area contributed by atoms with E-state index in [0.717, 1.165) is 17.3 Å². The third-order valence-corrected chi connectivity index (χ3v) is 4.44. The Bertz CT molecular complexity index is 1270. The summed E-state index contributed by atoms with van der Waals surface area (Å²) in [6.07, 6.45) is 3.30. The second-order valence-electron chi connectivity index (χ2n) is 6.45. The number of nitrogens with zero attached hydrogens (tertiary/aromatic N) is 5. The molecular weight excluding hydrogens is 400 g/mol. The third kappa shape index (κ3) is 4.18. The molecule has 2 aromatic carbocycles. The standard InChI is InChI=1S/C21H13F2N5O.C2H6/c22-16-8-4-7-15(19(16)23)20-25-18-11-28(12-24-21(18)26-20)10-14-9-17(27-29-14)13-5-2-1-3-6-13;1-2/h1-9,11-12H,10H2;1-2H3. The molecule has 0 spiro atoms. The topological polar surface area (TPSA) is 69.6 Å². The van der Waals surface area contributed by atoms with Crippen LogP contribution in [0, 0.1) is 11.6 Å². The lowest BCUT2D eigenvalue weighted by Crippen LogP contribution is -2.02. The molecule has 0 N–H and O–H groups in total. The Balaban J connectivity index is 0.00000112. The summed E-state index contributed by atoms with van der Waals surface area (Å²) in [4.78, 5) is 12.7. The van der Waals surface area contributed by atoms with Gasteiger partial charge in [0.25, 0.3) is 0 Å². The SMILES string of the molecule is CC.Fc1cccc(-c2nc3cn(Cc4cc(-c5ccccc5)no4)cnc-3n2)c1F. The fraction of sp³-hybridized carbons (Fsp3) is 0.130. The van der Waals surface area contributed by atoms with Crippen LogP contribution in [-0.2, 0) is 6.54 Å². The Morgan fingerprint density at radius 2 is 1.71 bits per heavy atom. The number of fused-ring (bicyclic) bond motifs is 1. The van der Waals surface area contributed by atoms with E-state index < -0.39 is 11.6 Å². The third-order valence-electron chi connectivity index (χ3n) is 4.44. The van der Waals surface area contributed by atoms with Crippen LogP contribution >= 0.6 is 0 Å². The van der Waals surface area contributed by atoms with Crippen molar-refractivity contribution >= 4 is 0 Å². The molecule has 156 valence electrons. The average molecular weight is 419 g/mol.